The molecule has 0 atom stereocenters. The zero-order chi connectivity index (χ0) is 21.3. The van der Waals surface area contributed by atoms with Crippen molar-refractivity contribution in [1.82, 2.24) is 20.8 Å². The number of nitrogens with one attached hydrogen (secondary N) is 2. The van der Waals surface area contributed by atoms with Crippen LogP contribution in [-0.4, -0.2) is 23.1 Å². The molecule has 0 spiro atoms. The molecule has 7 nitrogen and oxygen atoms in total. The molecule has 2 aromatic heterocycles. The molecule has 0 radical (unpaired) electrons. The average molecular weight is 539 g/mol. The summed E-state index contributed by atoms with van der Waals surface area (Å²) in [5.74, 6) is 2.02. The molecule has 1 aromatic carbocycles. The Morgan fingerprint density at radius 1 is 1.13 bits per heavy atom. The lowest BCUT2D eigenvalue weighted by atomic mass is 10.1. The molecule has 0 unspecified atom stereocenters. The molecule has 3 aromatic rings. The quantitative estimate of drug-likeness (QED) is 0.247. The highest BCUT2D eigenvalue weighted by Gasteiger charge is 2.13. The zero-order valence-electron chi connectivity index (χ0n) is 17.8. The maximum atomic E-state index is 13.2. The van der Waals surface area contributed by atoms with Gasteiger partial charge in [-0.1, -0.05) is 31.1 Å². The van der Waals surface area contributed by atoms with Gasteiger partial charge >= 0.3 is 0 Å². The van der Waals surface area contributed by atoms with Gasteiger partial charge in [0.05, 0.1) is 5.69 Å². The standard InChI is InChI=1S/C22H26FN5O2.HI/c1-4-19-18(20(5-2)30-28-19)14-27-22(24-3)26-13-15-9-10-21(25-12-15)29-17-8-6-7-16(23)11-17;/h6-12H,4-5,13-14H2,1-3H3,(H2,24,26,27);1H. The number of guanidine groups is 1. The third-order valence-electron chi connectivity index (χ3n) is 4.54. The molecular weight excluding hydrogens is 512 g/mol. The van der Waals surface area contributed by atoms with E-state index in [1.54, 1.807) is 31.4 Å². The lowest BCUT2D eigenvalue weighted by Gasteiger charge is -2.12. The molecule has 0 fully saturated rings. The van der Waals surface area contributed by atoms with Crippen molar-refractivity contribution >= 4 is 29.9 Å². The van der Waals surface area contributed by atoms with Crippen molar-refractivity contribution in [2.24, 2.45) is 4.99 Å². The number of benzene rings is 1. The number of hydrogen-bond donors (Lipinski definition) is 2. The zero-order valence-corrected chi connectivity index (χ0v) is 20.1. The topological polar surface area (TPSA) is 84.6 Å². The van der Waals surface area contributed by atoms with E-state index >= 15 is 0 Å². The van der Waals surface area contributed by atoms with E-state index in [0.717, 1.165) is 35.4 Å². The minimum absolute atomic E-state index is 0. The monoisotopic (exact) mass is 539 g/mol. The first-order chi connectivity index (χ1) is 14.6. The fourth-order valence-electron chi connectivity index (χ4n) is 2.94. The predicted molar refractivity (Wildman–Crippen MR) is 128 cm³/mol. The van der Waals surface area contributed by atoms with Gasteiger partial charge in [0.1, 0.15) is 17.3 Å². The smallest absolute Gasteiger partial charge is 0.219 e. The van der Waals surface area contributed by atoms with E-state index in [2.05, 4.69) is 32.7 Å². The second-order valence-corrected chi connectivity index (χ2v) is 6.58. The van der Waals surface area contributed by atoms with Gasteiger partial charge in [-0.05, 0) is 24.1 Å². The Bertz CT molecular complexity index is 970. The Hall–Kier alpha value is -2.69. The summed E-state index contributed by atoms with van der Waals surface area (Å²) in [5, 5.41) is 10.7. The fourth-order valence-corrected chi connectivity index (χ4v) is 2.94. The summed E-state index contributed by atoms with van der Waals surface area (Å²) in [6.07, 6.45) is 3.33. The van der Waals surface area contributed by atoms with Crippen LogP contribution in [-0.2, 0) is 25.9 Å². The van der Waals surface area contributed by atoms with Gasteiger partial charge < -0.3 is 19.9 Å². The molecule has 166 valence electrons. The number of aryl methyl sites for hydroxylation is 2. The summed E-state index contributed by atoms with van der Waals surface area (Å²) in [7, 11) is 1.72. The van der Waals surface area contributed by atoms with Crippen LogP contribution in [0.25, 0.3) is 0 Å². The molecular formula is C22H27FIN5O2. The molecule has 0 aliphatic heterocycles. The Morgan fingerprint density at radius 3 is 2.58 bits per heavy atom. The van der Waals surface area contributed by atoms with Crippen LogP contribution in [0.15, 0.2) is 52.1 Å². The van der Waals surface area contributed by atoms with E-state index in [4.69, 9.17) is 9.26 Å². The van der Waals surface area contributed by atoms with Crippen molar-refractivity contribution in [2.75, 3.05) is 7.05 Å². The van der Waals surface area contributed by atoms with E-state index in [1.165, 1.54) is 12.1 Å². The molecule has 3 rings (SSSR count). The van der Waals surface area contributed by atoms with Crippen LogP contribution in [0.3, 0.4) is 0 Å². The van der Waals surface area contributed by atoms with Crippen LogP contribution in [0.5, 0.6) is 11.6 Å². The third-order valence-corrected chi connectivity index (χ3v) is 4.54. The number of nitrogens with zero attached hydrogens (tertiary/aromatic N) is 3. The van der Waals surface area contributed by atoms with E-state index in [0.29, 0.717) is 30.7 Å². The van der Waals surface area contributed by atoms with Gasteiger partial charge in [-0.15, -0.1) is 24.0 Å². The first kappa shape index (κ1) is 24.6. The second kappa shape index (κ2) is 12.2. The number of rotatable bonds is 8. The molecule has 0 saturated carbocycles. The van der Waals surface area contributed by atoms with Crippen molar-refractivity contribution in [2.45, 2.75) is 39.8 Å². The summed E-state index contributed by atoms with van der Waals surface area (Å²) in [4.78, 5) is 8.53. The largest absolute Gasteiger partial charge is 0.439 e. The van der Waals surface area contributed by atoms with Crippen LogP contribution in [0.4, 0.5) is 4.39 Å². The summed E-state index contributed by atoms with van der Waals surface area (Å²) in [5.41, 5.74) is 3.01. The average Bonchev–Trinajstić information content (AvgIpc) is 3.17. The fraction of sp³-hybridized carbons (Fsp3) is 0.318. The summed E-state index contributed by atoms with van der Waals surface area (Å²) in [6.45, 7) is 5.24. The molecule has 31 heavy (non-hydrogen) atoms. The van der Waals surface area contributed by atoms with Crippen molar-refractivity contribution in [1.29, 1.82) is 0 Å². The molecule has 0 saturated heterocycles. The van der Waals surface area contributed by atoms with Gasteiger partial charge in [-0.2, -0.15) is 0 Å². The number of aromatic nitrogens is 2. The maximum Gasteiger partial charge on any atom is 0.219 e. The number of hydrogen-bond acceptors (Lipinski definition) is 5. The Balaban J connectivity index is 0.00000341. The van der Waals surface area contributed by atoms with Crippen LogP contribution in [0.2, 0.25) is 0 Å². The third kappa shape index (κ3) is 6.91. The molecule has 9 heteroatoms. The van der Waals surface area contributed by atoms with E-state index in [1.807, 2.05) is 13.0 Å². The normalized spacial score (nSPS) is 11.0. The van der Waals surface area contributed by atoms with Crippen LogP contribution in [0.1, 0.15) is 36.4 Å². The Kier molecular flexibility index (Phi) is 9.70. The number of aliphatic imine (C=N–C) groups is 1. The van der Waals surface area contributed by atoms with E-state index in [9.17, 15) is 4.39 Å². The Morgan fingerprint density at radius 2 is 1.94 bits per heavy atom. The molecule has 0 amide bonds. The van der Waals surface area contributed by atoms with Gasteiger partial charge in [0, 0.05) is 50.5 Å². The highest BCUT2D eigenvalue weighted by molar-refractivity contribution is 14.0. The van der Waals surface area contributed by atoms with Gasteiger partial charge in [0.2, 0.25) is 5.88 Å². The maximum absolute atomic E-state index is 13.2. The van der Waals surface area contributed by atoms with Gasteiger partial charge in [0.25, 0.3) is 0 Å². The van der Waals surface area contributed by atoms with Crippen molar-refractivity contribution in [3.05, 3.63) is 71.0 Å². The first-order valence-electron chi connectivity index (χ1n) is 9.92. The molecule has 2 N–H and O–H groups in total. The number of pyridine rings is 1. The minimum atomic E-state index is -0.351. The first-order valence-corrected chi connectivity index (χ1v) is 9.92. The lowest BCUT2D eigenvalue weighted by molar-refractivity contribution is 0.380. The predicted octanol–water partition coefficient (Wildman–Crippen LogP) is 4.61. The van der Waals surface area contributed by atoms with Crippen molar-refractivity contribution < 1.29 is 13.7 Å². The number of halogens is 2. The summed E-state index contributed by atoms with van der Waals surface area (Å²) in [6, 6.07) is 9.59. The second-order valence-electron chi connectivity index (χ2n) is 6.58. The minimum Gasteiger partial charge on any atom is -0.439 e. The summed E-state index contributed by atoms with van der Waals surface area (Å²) >= 11 is 0. The van der Waals surface area contributed by atoms with Gasteiger partial charge in [-0.25, -0.2) is 9.37 Å². The van der Waals surface area contributed by atoms with E-state index in [-0.39, 0.29) is 29.8 Å². The van der Waals surface area contributed by atoms with Crippen LogP contribution < -0.4 is 15.4 Å². The molecule has 0 aliphatic carbocycles. The molecule has 2 heterocycles. The van der Waals surface area contributed by atoms with Crippen LogP contribution >= 0.6 is 24.0 Å². The molecule has 0 aliphatic rings. The molecule has 0 bridgehead atoms. The van der Waals surface area contributed by atoms with Crippen LogP contribution in [0, 0.1) is 5.82 Å². The summed E-state index contributed by atoms with van der Waals surface area (Å²) < 4.78 is 24.2. The highest BCUT2D eigenvalue weighted by atomic mass is 127. The van der Waals surface area contributed by atoms with Crippen molar-refractivity contribution in [3.63, 3.8) is 0 Å². The lowest BCUT2D eigenvalue weighted by Crippen LogP contribution is -2.36. The highest BCUT2D eigenvalue weighted by Crippen LogP contribution is 2.20. The SMILES string of the molecule is CCc1noc(CC)c1CNC(=NC)NCc1ccc(Oc2cccc(F)c2)nc1.I. The van der Waals surface area contributed by atoms with Crippen molar-refractivity contribution in [3.8, 4) is 11.6 Å². The van der Waals surface area contributed by atoms with Gasteiger partial charge in [0.15, 0.2) is 5.96 Å². The van der Waals surface area contributed by atoms with E-state index < -0.39 is 0 Å². The Labute approximate surface area is 198 Å². The van der Waals surface area contributed by atoms with Gasteiger partial charge in [-0.3, -0.25) is 4.99 Å². The number of ether oxygens (including phenoxy) is 1.